The first-order chi connectivity index (χ1) is 4.99. The van der Waals surface area contributed by atoms with Gasteiger partial charge in [-0.15, -0.1) is 0 Å². The maximum Gasteiger partial charge on any atom is 0.261 e. The molecule has 3 N–H and O–H groups in total. The summed E-state index contributed by atoms with van der Waals surface area (Å²) in [5.74, 6) is -3.21. The van der Waals surface area contributed by atoms with Crippen molar-refractivity contribution in [2.24, 2.45) is 5.73 Å². The highest BCUT2D eigenvalue weighted by Gasteiger charge is 2.39. The Bertz CT molecular complexity index is 172. The molecule has 64 valence electrons. The van der Waals surface area contributed by atoms with Gasteiger partial charge in [0.1, 0.15) is 0 Å². The summed E-state index contributed by atoms with van der Waals surface area (Å²) in [7, 11) is 0. The SMILES string of the molecule is NC(=O)C[C@H]1CC(F)(F)CN1. The zero-order valence-corrected chi connectivity index (χ0v) is 5.94. The quantitative estimate of drug-likeness (QED) is 0.596. The molecule has 0 bridgehead atoms. The van der Waals surface area contributed by atoms with Gasteiger partial charge in [-0.2, -0.15) is 0 Å². The molecule has 0 aliphatic carbocycles. The molecule has 0 radical (unpaired) electrons. The Morgan fingerprint density at radius 2 is 2.36 bits per heavy atom. The maximum atomic E-state index is 12.4. The summed E-state index contributed by atoms with van der Waals surface area (Å²) < 4.78 is 24.9. The van der Waals surface area contributed by atoms with Gasteiger partial charge in [-0.1, -0.05) is 0 Å². The Hall–Kier alpha value is -0.710. The summed E-state index contributed by atoms with van der Waals surface area (Å²) in [4.78, 5) is 10.3. The van der Waals surface area contributed by atoms with Crippen LogP contribution in [-0.4, -0.2) is 24.4 Å². The van der Waals surface area contributed by atoms with Crippen molar-refractivity contribution in [3.05, 3.63) is 0 Å². The van der Waals surface area contributed by atoms with Crippen molar-refractivity contribution in [2.45, 2.75) is 24.8 Å². The highest BCUT2D eigenvalue weighted by atomic mass is 19.3. The van der Waals surface area contributed by atoms with Crippen molar-refractivity contribution >= 4 is 5.91 Å². The van der Waals surface area contributed by atoms with Crippen LogP contribution in [0.5, 0.6) is 0 Å². The van der Waals surface area contributed by atoms with E-state index in [1.807, 2.05) is 0 Å². The van der Waals surface area contributed by atoms with Gasteiger partial charge in [0, 0.05) is 18.9 Å². The van der Waals surface area contributed by atoms with Crippen LogP contribution in [0.25, 0.3) is 0 Å². The van der Waals surface area contributed by atoms with Gasteiger partial charge in [0.05, 0.1) is 6.54 Å². The van der Waals surface area contributed by atoms with Gasteiger partial charge in [-0.05, 0) is 0 Å². The number of amides is 1. The predicted molar refractivity (Wildman–Crippen MR) is 35.2 cm³/mol. The van der Waals surface area contributed by atoms with E-state index in [9.17, 15) is 13.6 Å². The summed E-state index contributed by atoms with van der Waals surface area (Å²) in [6.07, 6.45) is -0.286. The lowest BCUT2D eigenvalue weighted by Crippen LogP contribution is -2.27. The van der Waals surface area contributed by atoms with Crippen LogP contribution in [0.3, 0.4) is 0 Å². The number of halogens is 2. The van der Waals surface area contributed by atoms with Gasteiger partial charge in [0.2, 0.25) is 5.91 Å². The fourth-order valence-corrected chi connectivity index (χ4v) is 1.19. The average Bonchev–Trinajstić information content (AvgIpc) is 2.08. The minimum Gasteiger partial charge on any atom is -0.370 e. The van der Waals surface area contributed by atoms with Crippen molar-refractivity contribution < 1.29 is 13.6 Å². The molecular weight excluding hydrogens is 154 g/mol. The monoisotopic (exact) mass is 164 g/mol. The van der Waals surface area contributed by atoms with E-state index in [0.717, 1.165) is 0 Å². The normalized spacial score (nSPS) is 28.7. The van der Waals surface area contributed by atoms with Crippen LogP contribution in [0.4, 0.5) is 8.78 Å². The number of carbonyl (C=O) groups excluding carboxylic acids is 1. The molecule has 1 amide bonds. The Labute approximate surface area is 62.9 Å². The number of hydrogen-bond acceptors (Lipinski definition) is 2. The lowest BCUT2D eigenvalue weighted by Gasteiger charge is -2.06. The topological polar surface area (TPSA) is 55.1 Å². The van der Waals surface area contributed by atoms with Gasteiger partial charge < -0.3 is 11.1 Å². The number of rotatable bonds is 2. The molecule has 3 nitrogen and oxygen atoms in total. The average molecular weight is 164 g/mol. The number of hydrogen-bond donors (Lipinski definition) is 2. The number of carbonyl (C=O) groups is 1. The fourth-order valence-electron chi connectivity index (χ4n) is 1.19. The van der Waals surface area contributed by atoms with Crippen LogP contribution >= 0.6 is 0 Å². The molecule has 1 rings (SSSR count). The second-order valence-corrected chi connectivity index (χ2v) is 2.81. The van der Waals surface area contributed by atoms with Gasteiger partial charge in [-0.25, -0.2) is 8.78 Å². The van der Waals surface area contributed by atoms with Gasteiger partial charge in [0.15, 0.2) is 0 Å². The number of alkyl halides is 2. The molecular formula is C6H10F2N2O. The summed E-state index contributed by atoms with van der Waals surface area (Å²) in [6, 6.07) is -0.442. The van der Waals surface area contributed by atoms with Gasteiger partial charge in [-0.3, -0.25) is 4.79 Å². The summed E-state index contributed by atoms with van der Waals surface area (Å²) in [5.41, 5.74) is 4.84. The Balaban J connectivity index is 2.36. The molecule has 0 aromatic rings. The zero-order valence-electron chi connectivity index (χ0n) is 5.94. The highest BCUT2D eigenvalue weighted by Crippen LogP contribution is 2.26. The molecule has 0 aromatic carbocycles. The van der Waals surface area contributed by atoms with E-state index in [4.69, 9.17) is 5.73 Å². The maximum absolute atomic E-state index is 12.4. The third kappa shape index (κ3) is 2.42. The highest BCUT2D eigenvalue weighted by molar-refractivity contribution is 5.74. The standard InChI is InChI=1S/C6H10F2N2O/c7-6(8)2-4(10-3-6)1-5(9)11/h4,10H,1-3H2,(H2,9,11)/t4-/m0/s1. The predicted octanol–water partition coefficient (Wildman–Crippen LogP) is -0.141. The molecule has 5 heteroatoms. The molecule has 1 fully saturated rings. The zero-order chi connectivity index (χ0) is 8.48. The number of nitrogens with one attached hydrogen (secondary N) is 1. The lowest BCUT2D eigenvalue weighted by atomic mass is 10.1. The Kier molecular flexibility index (Phi) is 2.08. The summed E-state index contributed by atoms with van der Waals surface area (Å²) in [6.45, 7) is -0.342. The van der Waals surface area contributed by atoms with E-state index in [-0.39, 0.29) is 19.4 Å². The van der Waals surface area contributed by atoms with E-state index >= 15 is 0 Å². The van der Waals surface area contributed by atoms with E-state index in [0.29, 0.717) is 0 Å². The molecule has 1 aliphatic rings. The van der Waals surface area contributed by atoms with Crippen LogP contribution in [-0.2, 0) is 4.79 Å². The van der Waals surface area contributed by atoms with Crippen LogP contribution in [0.15, 0.2) is 0 Å². The van der Waals surface area contributed by atoms with Gasteiger partial charge in [0.25, 0.3) is 5.92 Å². The molecule has 0 spiro atoms. The number of nitrogens with two attached hydrogens (primary N) is 1. The molecule has 0 aromatic heterocycles. The molecule has 0 saturated carbocycles. The molecule has 11 heavy (non-hydrogen) atoms. The third-order valence-corrected chi connectivity index (χ3v) is 1.64. The van der Waals surface area contributed by atoms with E-state index in [2.05, 4.69) is 5.32 Å². The van der Waals surface area contributed by atoms with E-state index < -0.39 is 17.9 Å². The molecule has 1 atom stereocenters. The second kappa shape index (κ2) is 2.73. The second-order valence-electron chi connectivity index (χ2n) is 2.81. The Morgan fingerprint density at radius 1 is 1.73 bits per heavy atom. The van der Waals surface area contributed by atoms with Crippen LogP contribution < -0.4 is 11.1 Å². The van der Waals surface area contributed by atoms with Crippen molar-refractivity contribution in [3.8, 4) is 0 Å². The van der Waals surface area contributed by atoms with Crippen molar-refractivity contribution in [3.63, 3.8) is 0 Å². The van der Waals surface area contributed by atoms with Crippen molar-refractivity contribution in [1.82, 2.24) is 5.32 Å². The molecule has 1 heterocycles. The molecule has 1 aliphatic heterocycles. The van der Waals surface area contributed by atoms with E-state index in [1.165, 1.54) is 0 Å². The first-order valence-corrected chi connectivity index (χ1v) is 3.39. The summed E-state index contributed by atoms with van der Waals surface area (Å²) in [5, 5.41) is 2.53. The number of primary amides is 1. The third-order valence-electron chi connectivity index (χ3n) is 1.64. The minimum absolute atomic E-state index is 0.00438. The fraction of sp³-hybridized carbons (Fsp3) is 0.833. The van der Waals surface area contributed by atoms with E-state index in [1.54, 1.807) is 0 Å². The largest absolute Gasteiger partial charge is 0.370 e. The Morgan fingerprint density at radius 3 is 2.73 bits per heavy atom. The van der Waals surface area contributed by atoms with Crippen LogP contribution in [0, 0.1) is 0 Å². The summed E-state index contributed by atoms with van der Waals surface area (Å²) >= 11 is 0. The first kappa shape index (κ1) is 8.39. The van der Waals surface area contributed by atoms with Gasteiger partial charge >= 0.3 is 0 Å². The smallest absolute Gasteiger partial charge is 0.261 e. The van der Waals surface area contributed by atoms with Crippen LogP contribution in [0.1, 0.15) is 12.8 Å². The molecule has 1 saturated heterocycles. The van der Waals surface area contributed by atoms with Crippen LogP contribution in [0.2, 0.25) is 0 Å². The van der Waals surface area contributed by atoms with Crippen molar-refractivity contribution in [1.29, 1.82) is 0 Å². The first-order valence-electron chi connectivity index (χ1n) is 3.39. The minimum atomic E-state index is -2.67. The lowest BCUT2D eigenvalue weighted by molar-refractivity contribution is -0.118. The van der Waals surface area contributed by atoms with Crippen molar-refractivity contribution in [2.75, 3.05) is 6.54 Å². The molecule has 0 unspecified atom stereocenters.